The van der Waals surface area contributed by atoms with Crippen LogP contribution in [0.2, 0.25) is 0 Å². The second-order valence-electron chi connectivity index (χ2n) is 5.84. The van der Waals surface area contributed by atoms with Crippen LogP contribution in [0.4, 0.5) is 0 Å². The summed E-state index contributed by atoms with van der Waals surface area (Å²) < 4.78 is 5.73. The van der Waals surface area contributed by atoms with Crippen molar-refractivity contribution in [2.75, 3.05) is 6.61 Å². The van der Waals surface area contributed by atoms with E-state index in [-0.39, 0.29) is 0 Å². The zero-order valence-electron chi connectivity index (χ0n) is 13.5. The number of unbranched alkanes of at least 4 members (excludes halogenated alkanes) is 9. The first-order valence-electron chi connectivity index (χ1n) is 8.52. The molecule has 1 heteroatoms. The van der Waals surface area contributed by atoms with Crippen molar-refractivity contribution < 1.29 is 4.74 Å². The van der Waals surface area contributed by atoms with Gasteiger partial charge in [-0.05, 0) is 25.5 Å². The van der Waals surface area contributed by atoms with Gasteiger partial charge in [-0.3, -0.25) is 0 Å². The molecule has 20 heavy (non-hydrogen) atoms. The third-order valence-electron chi connectivity index (χ3n) is 3.79. The first-order valence-corrected chi connectivity index (χ1v) is 8.52. The van der Waals surface area contributed by atoms with Gasteiger partial charge < -0.3 is 4.74 Å². The van der Waals surface area contributed by atoms with Crippen molar-refractivity contribution in [2.45, 2.75) is 78.1 Å². The number of hydrogen-bond acceptors (Lipinski definition) is 1. The monoisotopic (exact) mass is 276 g/mol. The van der Waals surface area contributed by atoms with Crippen molar-refractivity contribution in [1.82, 2.24) is 0 Å². The number of rotatable bonds is 12. The highest BCUT2D eigenvalue weighted by molar-refractivity contribution is 5.26. The van der Waals surface area contributed by atoms with Crippen LogP contribution in [0.15, 0.2) is 24.3 Å². The van der Waals surface area contributed by atoms with E-state index >= 15 is 0 Å². The minimum atomic E-state index is 0.861. The molecular formula is C19H32O. The number of ether oxygens (including phenoxy) is 1. The topological polar surface area (TPSA) is 9.23 Å². The maximum atomic E-state index is 5.73. The van der Waals surface area contributed by atoms with E-state index in [1.54, 1.807) is 0 Å². The van der Waals surface area contributed by atoms with Crippen molar-refractivity contribution in [2.24, 2.45) is 0 Å². The highest BCUT2D eigenvalue weighted by atomic mass is 16.5. The van der Waals surface area contributed by atoms with Crippen molar-refractivity contribution in [3.63, 3.8) is 0 Å². The van der Waals surface area contributed by atoms with Crippen molar-refractivity contribution in [3.05, 3.63) is 29.8 Å². The molecule has 0 radical (unpaired) electrons. The molecule has 0 amide bonds. The Morgan fingerprint density at radius 3 is 1.75 bits per heavy atom. The summed E-state index contributed by atoms with van der Waals surface area (Å²) in [4.78, 5) is 0. The molecule has 0 fully saturated rings. The van der Waals surface area contributed by atoms with Gasteiger partial charge in [0.2, 0.25) is 0 Å². The number of benzene rings is 1. The average Bonchev–Trinajstić information content (AvgIpc) is 2.47. The average molecular weight is 276 g/mol. The Hall–Kier alpha value is -0.980. The highest BCUT2D eigenvalue weighted by Crippen LogP contribution is 2.13. The van der Waals surface area contributed by atoms with Crippen LogP contribution >= 0.6 is 0 Å². The minimum absolute atomic E-state index is 0.861. The molecule has 0 aliphatic carbocycles. The van der Waals surface area contributed by atoms with Crippen molar-refractivity contribution >= 4 is 0 Å². The Morgan fingerprint density at radius 2 is 1.20 bits per heavy atom. The van der Waals surface area contributed by atoms with E-state index in [9.17, 15) is 0 Å². The largest absolute Gasteiger partial charge is 0.494 e. The van der Waals surface area contributed by atoms with E-state index in [4.69, 9.17) is 4.74 Å². The Kier molecular flexibility index (Phi) is 10.1. The van der Waals surface area contributed by atoms with E-state index in [0.717, 1.165) is 12.4 Å². The van der Waals surface area contributed by atoms with Gasteiger partial charge >= 0.3 is 0 Å². The van der Waals surface area contributed by atoms with Gasteiger partial charge in [0.15, 0.2) is 0 Å². The summed E-state index contributed by atoms with van der Waals surface area (Å²) in [7, 11) is 0. The molecule has 0 saturated carbocycles. The molecule has 0 saturated heterocycles. The van der Waals surface area contributed by atoms with E-state index in [2.05, 4.69) is 38.1 Å². The van der Waals surface area contributed by atoms with Gasteiger partial charge in [0.05, 0.1) is 6.61 Å². The van der Waals surface area contributed by atoms with Crippen LogP contribution in [0.5, 0.6) is 5.75 Å². The lowest BCUT2D eigenvalue weighted by Gasteiger charge is -2.06. The summed E-state index contributed by atoms with van der Waals surface area (Å²) in [6, 6.07) is 8.33. The molecule has 1 nitrogen and oxygen atoms in total. The molecule has 0 aliphatic heterocycles. The maximum absolute atomic E-state index is 5.73. The molecular weight excluding hydrogens is 244 g/mol. The molecule has 0 N–H and O–H groups in total. The molecule has 0 unspecified atom stereocenters. The predicted octanol–water partition coefficient (Wildman–Crippen LogP) is 6.29. The Bertz CT molecular complexity index is 315. The van der Waals surface area contributed by atoms with Crippen LogP contribution in [0, 0.1) is 6.92 Å². The standard InChI is InChI=1S/C19H32O/c1-3-4-5-6-7-8-9-10-11-12-17-20-19-15-13-18(2)14-16-19/h13-16H,3-12,17H2,1-2H3. The number of aryl methyl sites for hydroxylation is 1. The molecule has 114 valence electrons. The Labute approximate surface area is 125 Å². The third kappa shape index (κ3) is 9.01. The van der Waals surface area contributed by atoms with Crippen LogP contribution in [0.1, 0.15) is 76.7 Å². The summed E-state index contributed by atoms with van der Waals surface area (Å²) in [5, 5.41) is 0. The Morgan fingerprint density at radius 1 is 0.700 bits per heavy atom. The zero-order chi connectivity index (χ0) is 14.5. The zero-order valence-corrected chi connectivity index (χ0v) is 13.5. The van der Waals surface area contributed by atoms with E-state index in [1.807, 2.05) is 0 Å². The van der Waals surface area contributed by atoms with Crippen LogP contribution < -0.4 is 4.74 Å². The molecule has 1 aromatic carbocycles. The first kappa shape index (κ1) is 17.1. The molecule has 0 aromatic heterocycles. The Balaban J connectivity index is 1.84. The molecule has 0 heterocycles. The van der Waals surface area contributed by atoms with E-state index < -0.39 is 0 Å². The summed E-state index contributed by atoms with van der Waals surface area (Å²) >= 11 is 0. The number of hydrogen-bond donors (Lipinski definition) is 0. The second kappa shape index (κ2) is 11.8. The third-order valence-corrected chi connectivity index (χ3v) is 3.79. The van der Waals surface area contributed by atoms with Crippen molar-refractivity contribution in [3.8, 4) is 5.75 Å². The summed E-state index contributed by atoms with van der Waals surface area (Å²) in [6.07, 6.45) is 13.7. The minimum Gasteiger partial charge on any atom is -0.494 e. The lowest BCUT2D eigenvalue weighted by Crippen LogP contribution is -1.97. The quantitative estimate of drug-likeness (QED) is 0.407. The molecule has 1 rings (SSSR count). The van der Waals surface area contributed by atoms with Crippen LogP contribution in [-0.4, -0.2) is 6.61 Å². The van der Waals surface area contributed by atoms with Gasteiger partial charge in [-0.15, -0.1) is 0 Å². The van der Waals surface area contributed by atoms with Gasteiger partial charge in [0, 0.05) is 0 Å². The van der Waals surface area contributed by atoms with Gasteiger partial charge in [-0.1, -0.05) is 82.4 Å². The summed E-state index contributed by atoms with van der Waals surface area (Å²) in [5.74, 6) is 1.01. The fraction of sp³-hybridized carbons (Fsp3) is 0.684. The smallest absolute Gasteiger partial charge is 0.119 e. The highest BCUT2D eigenvalue weighted by Gasteiger charge is 1.95. The molecule has 0 atom stereocenters. The SMILES string of the molecule is CCCCCCCCCCCCOc1ccc(C)cc1. The molecule has 0 bridgehead atoms. The molecule has 0 aliphatic rings. The van der Waals surface area contributed by atoms with Crippen LogP contribution in [0.3, 0.4) is 0 Å². The summed E-state index contributed by atoms with van der Waals surface area (Å²) in [6.45, 7) is 5.24. The van der Waals surface area contributed by atoms with Crippen LogP contribution in [-0.2, 0) is 0 Å². The first-order chi connectivity index (χ1) is 9.83. The fourth-order valence-electron chi connectivity index (χ4n) is 2.41. The van der Waals surface area contributed by atoms with Gasteiger partial charge in [0.25, 0.3) is 0 Å². The van der Waals surface area contributed by atoms with E-state index in [0.29, 0.717) is 0 Å². The summed E-state index contributed by atoms with van der Waals surface area (Å²) in [5.41, 5.74) is 1.29. The maximum Gasteiger partial charge on any atom is 0.119 e. The van der Waals surface area contributed by atoms with Gasteiger partial charge in [-0.2, -0.15) is 0 Å². The second-order valence-corrected chi connectivity index (χ2v) is 5.84. The lowest BCUT2D eigenvalue weighted by atomic mass is 10.1. The van der Waals surface area contributed by atoms with Gasteiger partial charge in [0.1, 0.15) is 5.75 Å². The predicted molar refractivity (Wildman–Crippen MR) is 88.5 cm³/mol. The normalized spacial score (nSPS) is 10.7. The molecule has 0 spiro atoms. The fourth-order valence-corrected chi connectivity index (χ4v) is 2.41. The van der Waals surface area contributed by atoms with Gasteiger partial charge in [-0.25, -0.2) is 0 Å². The lowest BCUT2D eigenvalue weighted by molar-refractivity contribution is 0.304. The van der Waals surface area contributed by atoms with E-state index in [1.165, 1.54) is 69.8 Å². The van der Waals surface area contributed by atoms with Crippen molar-refractivity contribution in [1.29, 1.82) is 0 Å². The van der Waals surface area contributed by atoms with Crippen LogP contribution in [0.25, 0.3) is 0 Å². The molecule has 1 aromatic rings.